The Morgan fingerprint density at radius 2 is 2.05 bits per heavy atom. The van der Waals surface area contributed by atoms with Crippen LogP contribution in [0.5, 0.6) is 5.88 Å². The molecule has 0 bridgehead atoms. The highest BCUT2D eigenvalue weighted by Gasteiger charge is 2.26. The summed E-state index contributed by atoms with van der Waals surface area (Å²) < 4.78 is 11.4. The average Bonchev–Trinajstić information content (AvgIpc) is 2.93. The van der Waals surface area contributed by atoms with Crippen molar-refractivity contribution in [2.75, 3.05) is 18.9 Å². The van der Waals surface area contributed by atoms with Crippen LogP contribution in [-0.4, -0.2) is 29.3 Å². The fourth-order valence-electron chi connectivity index (χ4n) is 3.10. The van der Waals surface area contributed by atoms with Crippen LogP contribution in [0.4, 0.5) is 5.95 Å². The number of nitrogens with two attached hydrogens (primary N) is 1. The van der Waals surface area contributed by atoms with Crippen molar-refractivity contribution in [3.63, 3.8) is 0 Å². The van der Waals surface area contributed by atoms with E-state index in [9.17, 15) is 0 Å². The number of hydrogen-bond acceptors (Lipinski definition) is 5. The van der Waals surface area contributed by atoms with Gasteiger partial charge in [0.1, 0.15) is 6.10 Å². The minimum absolute atomic E-state index is 0.102. The maximum Gasteiger partial charge on any atom is 0.223 e. The summed E-state index contributed by atoms with van der Waals surface area (Å²) >= 11 is 0. The highest BCUT2D eigenvalue weighted by atomic mass is 16.5. The summed E-state index contributed by atoms with van der Waals surface area (Å²) in [7, 11) is 0. The van der Waals surface area contributed by atoms with E-state index in [1.54, 1.807) is 0 Å². The predicted octanol–water partition coefficient (Wildman–Crippen LogP) is 2.52. The highest BCUT2D eigenvalue weighted by Crippen LogP contribution is 2.39. The van der Waals surface area contributed by atoms with Gasteiger partial charge in [0.25, 0.3) is 0 Å². The van der Waals surface area contributed by atoms with E-state index in [0.29, 0.717) is 18.4 Å². The van der Waals surface area contributed by atoms with E-state index in [2.05, 4.69) is 16.9 Å². The van der Waals surface area contributed by atoms with Crippen molar-refractivity contribution in [1.29, 1.82) is 0 Å². The smallest absolute Gasteiger partial charge is 0.223 e. The molecule has 1 aliphatic heterocycles. The Labute approximate surface area is 119 Å². The van der Waals surface area contributed by atoms with Crippen molar-refractivity contribution in [2.24, 2.45) is 5.92 Å². The Kier molecular flexibility index (Phi) is 4.05. The minimum atomic E-state index is 0.102. The molecule has 0 unspecified atom stereocenters. The van der Waals surface area contributed by atoms with Crippen LogP contribution in [-0.2, 0) is 4.74 Å². The maximum absolute atomic E-state index is 6.01. The molecule has 5 nitrogen and oxygen atoms in total. The molecule has 2 aliphatic rings. The Morgan fingerprint density at radius 1 is 1.25 bits per heavy atom. The summed E-state index contributed by atoms with van der Waals surface area (Å²) in [4.78, 5) is 8.48. The van der Waals surface area contributed by atoms with Crippen molar-refractivity contribution in [3.05, 3.63) is 11.8 Å². The number of nitrogen functional groups attached to an aromatic ring is 1. The van der Waals surface area contributed by atoms with E-state index in [0.717, 1.165) is 24.5 Å². The topological polar surface area (TPSA) is 70.3 Å². The van der Waals surface area contributed by atoms with Crippen LogP contribution in [0.1, 0.15) is 50.5 Å². The van der Waals surface area contributed by atoms with Crippen LogP contribution >= 0.6 is 0 Å². The summed E-state index contributed by atoms with van der Waals surface area (Å²) in [5.74, 6) is 2.29. The van der Waals surface area contributed by atoms with Crippen molar-refractivity contribution < 1.29 is 9.47 Å². The van der Waals surface area contributed by atoms with Gasteiger partial charge < -0.3 is 15.2 Å². The first kappa shape index (κ1) is 13.6. The van der Waals surface area contributed by atoms with Crippen LogP contribution in [0.25, 0.3) is 0 Å². The molecule has 1 atom stereocenters. The van der Waals surface area contributed by atoms with Gasteiger partial charge in [0, 0.05) is 18.2 Å². The minimum Gasteiger partial charge on any atom is -0.471 e. The number of rotatable bonds is 3. The summed E-state index contributed by atoms with van der Waals surface area (Å²) in [6.07, 6.45) is 7.78. The zero-order valence-corrected chi connectivity index (χ0v) is 12.0. The van der Waals surface area contributed by atoms with Gasteiger partial charge in [-0.3, -0.25) is 0 Å². The van der Waals surface area contributed by atoms with Gasteiger partial charge in [0.05, 0.1) is 13.2 Å². The lowest BCUT2D eigenvalue weighted by Gasteiger charge is -2.27. The van der Waals surface area contributed by atoms with Crippen LogP contribution in [0.3, 0.4) is 0 Å². The van der Waals surface area contributed by atoms with E-state index in [4.69, 9.17) is 15.2 Å². The second-order valence-corrected chi connectivity index (χ2v) is 6.05. The summed E-state index contributed by atoms with van der Waals surface area (Å²) in [5, 5.41) is 0. The van der Waals surface area contributed by atoms with Gasteiger partial charge in [-0.05, 0) is 24.7 Å². The number of nitrogens with zero attached hydrogens (tertiary/aromatic N) is 2. The van der Waals surface area contributed by atoms with E-state index in [1.165, 1.54) is 25.7 Å². The summed E-state index contributed by atoms with van der Waals surface area (Å²) in [5.41, 5.74) is 6.84. The lowest BCUT2D eigenvalue weighted by Crippen LogP contribution is -2.20. The zero-order valence-electron chi connectivity index (χ0n) is 12.0. The molecule has 0 radical (unpaired) electrons. The monoisotopic (exact) mass is 277 g/mol. The third-order valence-corrected chi connectivity index (χ3v) is 4.42. The normalized spacial score (nSPS) is 30.4. The molecule has 5 heteroatoms. The predicted molar refractivity (Wildman–Crippen MR) is 76.7 cm³/mol. The SMILES string of the molecule is CC1CCC(c2cnc(N)nc2O[C@@H]2CCOC2)CC1. The molecule has 0 aromatic carbocycles. The van der Waals surface area contributed by atoms with E-state index < -0.39 is 0 Å². The Morgan fingerprint density at radius 3 is 2.75 bits per heavy atom. The quantitative estimate of drug-likeness (QED) is 0.919. The molecule has 1 aromatic rings. The van der Waals surface area contributed by atoms with E-state index in [-0.39, 0.29) is 12.1 Å². The van der Waals surface area contributed by atoms with E-state index in [1.807, 2.05) is 6.20 Å². The zero-order chi connectivity index (χ0) is 13.9. The Bertz CT molecular complexity index is 452. The molecular formula is C15H23N3O2. The standard InChI is InChI=1S/C15H23N3O2/c1-10-2-4-11(5-3-10)13-8-17-15(16)18-14(13)20-12-6-7-19-9-12/h8,10-12H,2-7,9H2,1H3,(H2,16,17,18)/t10?,11?,12-/m1/s1. The molecule has 20 heavy (non-hydrogen) atoms. The van der Waals surface area contributed by atoms with Crippen LogP contribution in [0, 0.1) is 5.92 Å². The Balaban J connectivity index is 1.78. The fraction of sp³-hybridized carbons (Fsp3) is 0.733. The second-order valence-electron chi connectivity index (χ2n) is 6.05. The summed E-state index contributed by atoms with van der Waals surface area (Å²) in [6, 6.07) is 0. The first-order valence-corrected chi connectivity index (χ1v) is 7.59. The van der Waals surface area contributed by atoms with Gasteiger partial charge in [-0.25, -0.2) is 4.98 Å². The second kappa shape index (κ2) is 5.95. The first-order valence-electron chi connectivity index (χ1n) is 7.59. The van der Waals surface area contributed by atoms with Gasteiger partial charge >= 0.3 is 0 Å². The number of ether oxygens (including phenoxy) is 2. The molecule has 1 aliphatic carbocycles. The number of anilines is 1. The molecule has 1 saturated heterocycles. The van der Waals surface area contributed by atoms with Gasteiger partial charge in [0.15, 0.2) is 0 Å². The molecule has 110 valence electrons. The van der Waals surface area contributed by atoms with Crippen molar-refractivity contribution >= 4 is 5.95 Å². The fourth-order valence-corrected chi connectivity index (χ4v) is 3.10. The Hall–Kier alpha value is -1.36. The molecule has 2 fully saturated rings. The van der Waals surface area contributed by atoms with Crippen LogP contribution < -0.4 is 10.5 Å². The third-order valence-electron chi connectivity index (χ3n) is 4.42. The molecule has 0 spiro atoms. The van der Waals surface area contributed by atoms with Crippen LogP contribution in [0.15, 0.2) is 6.20 Å². The molecule has 0 amide bonds. The highest BCUT2D eigenvalue weighted by molar-refractivity contribution is 5.33. The molecule has 2 heterocycles. The van der Waals surface area contributed by atoms with Crippen molar-refractivity contribution in [2.45, 2.75) is 51.0 Å². The number of aromatic nitrogens is 2. The number of hydrogen-bond donors (Lipinski definition) is 1. The first-order chi connectivity index (χ1) is 9.72. The van der Waals surface area contributed by atoms with Crippen molar-refractivity contribution in [3.8, 4) is 5.88 Å². The van der Waals surface area contributed by atoms with Gasteiger partial charge in [-0.2, -0.15) is 4.98 Å². The molecular weight excluding hydrogens is 254 g/mol. The third kappa shape index (κ3) is 3.03. The van der Waals surface area contributed by atoms with Gasteiger partial charge in [-0.1, -0.05) is 19.8 Å². The molecule has 2 N–H and O–H groups in total. The van der Waals surface area contributed by atoms with E-state index >= 15 is 0 Å². The lowest BCUT2D eigenvalue weighted by atomic mass is 9.80. The maximum atomic E-state index is 6.01. The van der Waals surface area contributed by atoms with Crippen LogP contribution in [0.2, 0.25) is 0 Å². The molecule has 1 aromatic heterocycles. The van der Waals surface area contributed by atoms with Crippen molar-refractivity contribution in [1.82, 2.24) is 9.97 Å². The molecule has 3 rings (SSSR count). The lowest BCUT2D eigenvalue weighted by molar-refractivity contribution is 0.136. The largest absolute Gasteiger partial charge is 0.471 e. The van der Waals surface area contributed by atoms with Gasteiger partial charge in [0.2, 0.25) is 11.8 Å². The summed E-state index contributed by atoms with van der Waals surface area (Å²) in [6.45, 7) is 3.73. The van der Waals surface area contributed by atoms with Gasteiger partial charge in [-0.15, -0.1) is 0 Å². The molecule has 1 saturated carbocycles. The average molecular weight is 277 g/mol.